The molecule has 0 radical (unpaired) electrons. The summed E-state index contributed by atoms with van der Waals surface area (Å²) in [7, 11) is 0. The minimum atomic E-state index is -0.982. The molecule has 1 aromatic carbocycles. The average molecular weight is 252 g/mol. The van der Waals surface area contributed by atoms with Gasteiger partial charge >= 0.3 is 5.97 Å². The first-order chi connectivity index (χ1) is 8.20. The zero-order valence-electron chi connectivity index (χ0n) is 8.68. The third kappa shape index (κ3) is 2.59. The Kier molecular flexibility index (Phi) is 3.34. The van der Waals surface area contributed by atoms with Crippen molar-refractivity contribution in [2.45, 2.75) is 0 Å². The van der Waals surface area contributed by atoms with Crippen LogP contribution in [0.25, 0.3) is 11.3 Å². The first kappa shape index (κ1) is 11.5. The number of aromatic nitrogens is 1. The number of hydrogen-bond donors (Lipinski definition) is 2. The van der Waals surface area contributed by atoms with Gasteiger partial charge in [0.25, 0.3) is 0 Å². The Labute approximate surface area is 101 Å². The number of carboxylic acid groups (broad SMARTS) is 1. The molecular weight excluding hydrogens is 243 g/mol. The summed E-state index contributed by atoms with van der Waals surface area (Å²) in [6.45, 7) is -0.678. The zero-order chi connectivity index (χ0) is 12.3. The number of rotatable bonds is 4. The van der Waals surface area contributed by atoms with Gasteiger partial charge in [-0.3, -0.25) is 0 Å². The molecule has 1 heterocycles. The number of anilines is 1. The predicted molar refractivity (Wildman–Crippen MR) is 64.1 cm³/mol. The van der Waals surface area contributed by atoms with Crippen molar-refractivity contribution < 1.29 is 14.3 Å². The summed E-state index contributed by atoms with van der Waals surface area (Å²) in [5, 5.41) is 13.5. The van der Waals surface area contributed by atoms with Crippen LogP contribution in [-0.2, 0) is 0 Å². The quantitative estimate of drug-likeness (QED) is 0.821. The van der Waals surface area contributed by atoms with E-state index in [1.165, 1.54) is 23.5 Å². The molecule has 2 rings (SSSR count). The van der Waals surface area contributed by atoms with Gasteiger partial charge in [-0.15, -0.1) is 11.3 Å². The average Bonchev–Trinajstić information content (AvgIpc) is 2.78. The van der Waals surface area contributed by atoms with Crippen LogP contribution in [0, 0.1) is 0 Å². The molecule has 4 nitrogen and oxygen atoms in total. The molecular formula is C11H9FN2O2S. The van der Waals surface area contributed by atoms with Crippen LogP contribution in [0.2, 0.25) is 0 Å². The largest absolute Gasteiger partial charge is 0.478 e. The third-order valence-electron chi connectivity index (χ3n) is 2.13. The van der Waals surface area contributed by atoms with Crippen molar-refractivity contribution in [1.82, 2.24) is 4.98 Å². The molecule has 0 spiro atoms. The molecule has 6 heteroatoms. The summed E-state index contributed by atoms with van der Waals surface area (Å²) in [5.74, 6) is -0.982. The number of halogens is 1. The highest BCUT2D eigenvalue weighted by Crippen LogP contribution is 2.25. The van der Waals surface area contributed by atoms with Crippen molar-refractivity contribution in [3.05, 3.63) is 35.2 Å². The second-order valence-electron chi connectivity index (χ2n) is 3.23. The SMILES string of the molecule is O=C(O)c1cccc(-c2csc(NCF)n2)c1. The van der Waals surface area contributed by atoms with E-state index < -0.39 is 12.8 Å². The fraction of sp³-hybridized carbons (Fsp3) is 0.0909. The number of benzene rings is 1. The first-order valence-electron chi connectivity index (χ1n) is 4.80. The molecule has 0 amide bonds. The summed E-state index contributed by atoms with van der Waals surface area (Å²) >= 11 is 1.27. The molecule has 0 fully saturated rings. The number of hydrogen-bond acceptors (Lipinski definition) is 4. The molecule has 0 aliphatic rings. The van der Waals surface area contributed by atoms with Gasteiger partial charge in [-0.2, -0.15) is 0 Å². The molecule has 2 N–H and O–H groups in total. The van der Waals surface area contributed by atoms with E-state index in [2.05, 4.69) is 10.3 Å². The van der Waals surface area contributed by atoms with Gasteiger partial charge in [0.15, 0.2) is 11.9 Å². The Morgan fingerprint density at radius 1 is 1.53 bits per heavy atom. The first-order valence-corrected chi connectivity index (χ1v) is 5.68. The molecule has 17 heavy (non-hydrogen) atoms. The fourth-order valence-corrected chi connectivity index (χ4v) is 2.06. The third-order valence-corrected chi connectivity index (χ3v) is 2.93. The summed E-state index contributed by atoms with van der Waals surface area (Å²) < 4.78 is 12.0. The Hall–Kier alpha value is -1.95. The molecule has 0 unspecified atom stereocenters. The van der Waals surface area contributed by atoms with Gasteiger partial charge in [0.05, 0.1) is 11.3 Å². The van der Waals surface area contributed by atoms with E-state index in [4.69, 9.17) is 5.11 Å². The normalized spacial score (nSPS) is 10.2. The van der Waals surface area contributed by atoms with Gasteiger partial charge < -0.3 is 10.4 Å². The van der Waals surface area contributed by atoms with E-state index >= 15 is 0 Å². The molecule has 0 bridgehead atoms. The molecule has 0 aliphatic carbocycles. The summed E-state index contributed by atoms with van der Waals surface area (Å²) in [6.07, 6.45) is 0. The lowest BCUT2D eigenvalue weighted by Crippen LogP contribution is -1.96. The van der Waals surface area contributed by atoms with Gasteiger partial charge in [-0.25, -0.2) is 14.2 Å². The number of carbonyl (C=O) groups is 1. The van der Waals surface area contributed by atoms with Crippen molar-refractivity contribution >= 4 is 22.4 Å². The highest BCUT2D eigenvalue weighted by molar-refractivity contribution is 7.14. The van der Waals surface area contributed by atoms with Crippen LogP contribution in [0.15, 0.2) is 29.6 Å². The van der Waals surface area contributed by atoms with Crippen molar-refractivity contribution in [2.24, 2.45) is 0 Å². The summed E-state index contributed by atoms with van der Waals surface area (Å²) in [5.41, 5.74) is 1.54. The zero-order valence-corrected chi connectivity index (χ0v) is 9.50. The fourth-order valence-electron chi connectivity index (χ4n) is 1.36. The molecule has 2 aromatic rings. The topological polar surface area (TPSA) is 62.2 Å². The predicted octanol–water partition coefficient (Wildman–Crippen LogP) is 2.85. The smallest absolute Gasteiger partial charge is 0.335 e. The monoisotopic (exact) mass is 252 g/mol. The van der Waals surface area contributed by atoms with Crippen LogP contribution in [0.4, 0.5) is 9.52 Å². The maximum absolute atomic E-state index is 12.0. The number of nitrogens with zero attached hydrogens (tertiary/aromatic N) is 1. The van der Waals surface area contributed by atoms with E-state index in [-0.39, 0.29) is 5.56 Å². The number of alkyl halides is 1. The van der Waals surface area contributed by atoms with E-state index in [0.29, 0.717) is 16.4 Å². The number of thiazole rings is 1. The van der Waals surface area contributed by atoms with Gasteiger partial charge in [-0.05, 0) is 12.1 Å². The van der Waals surface area contributed by atoms with Crippen molar-refractivity contribution in [1.29, 1.82) is 0 Å². The van der Waals surface area contributed by atoms with E-state index in [0.717, 1.165) is 0 Å². The van der Waals surface area contributed by atoms with E-state index in [1.807, 2.05) is 0 Å². The summed E-state index contributed by atoms with van der Waals surface area (Å²) in [6, 6.07) is 6.47. The van der Waals surface area contributed by atoms with Gasteiger partial charge in [-0.1, -0.05) is 12.1 Å². The lowest BCUT2D eigenvalue weighted by Gasteiger charge is -1.98. The highest BCUT2D eigenvalue weighted by Gasteiger charge is 2.07. The number of aromatic carboxylic acids is 1. The Morgan fingerprint density at radius 3 is 3.06 bits per heavy atom. The van der Waals surface area contributed by atoms with Gasteiger partial charge in [0.1, 0.15) is 0 Å². The number of nitrogens with one attached hydrogen (secondary N) is 1. The van der Waals surface area contributed by atoms with Crippen LogP contribution in [0.1, 0.15) is 10.4 Å². The molecule has 1 aromatic heterocycles. The molecule has 0 atom stereocenters. The lowest BCUT2D eigenvalue weighted by molar-refractivity contribution is 0.0697. The lowest BCUT2D eigenvalue weighted by atomic mass is 10.1. The molecule has 0 aliphatic heterocycles. The van der Waals surface area contributed by atoms with Crippen molar-refractivity contribution in [3.63, 3.8) is 0 Å². The highest BCUT2D eigenvalue weighted by atomic mass is 32.1. The second-order valence-corrected chi connectivity index (χ2v) is 4.09. The maximum Gasteiger partial charge on any atom is 0.335 e. The van der Waals surface area contributed by atoms with Crippen LogP contribution in [-0.4, -0.2) is 22.9 Å². The minimum absolute atomic E-state index is 0.204. The Bertz CT molecular complexity index is 542. The second kappa shape index (κ2) is 4.92. The van der Waals surface area contributed by atoms with Gasteiger partial charge in [0, 0.05) is 10.9 Å². The summed E-state index contributed by atoms with van der Waals surface area (Å²) in [4.78, 5) is 15.0. The molecule has 0 saturated carbocycles. The molecule has 88 valence electrons. The Balaban J connectivity index is 2.32. The Morgan fingerprint density at radius 2 is 2.35 bits per heavy atom. The van der Waals surface area contributed by atoms with Gasteiger partial charge in [0.2, 0.25) is 0 Å². The van der Waals surface area contributed by atoms with E-state index in [1.54, 1.807) is 17.5 Å². The van der Waals surface area contributed by atoms with Crippen LogP contribution >= 0.6 is 11.3 Å². The standard InChI is InChI=1S/C11H9FN2O2S/c12-6-13-11-14-9(5-17-11)7-2-1-3-8(4-7)10(15)16/h1-5H,6H2,(H,13,14)(H,15,16). The van der Waals surface area contributed by atoms with E-state index in [9.17, 15) is 9.18 Å². The van der Waals surface area contributed by atoms with Crippen LogP contribution in [0.5, 0.6) is 0 Å². The van der Waals surface area contributed by atoms with Crippen LogP contribution < -0.4 is 5.32 Å². The maximum atomic E-state index is 12.0. The van der Waals surface area contributed by atoms with Crippen LogP contribution in [0.3, 0.4) is 0 Å². The van der Waals surface area contributed by atoms with Crippen molar-refractivity contribution in [2.75, 3.05) is 12.1 Å². The number of carboxylic acids is 1. The minimum Gasteiger partial charge on any atom is -0.478 e. The molecule has 0 saturated heterocycles. The van der Waals surface area contributed by atoms with Crippen molar-refractivity contribution in [3.8, 4) is 11.3 Å².